The Balaban J connectivity index is 1.75. The van der Waals surface area contributed by atoms with Crippen LogP contribution in [0.1, 0.15) is 19.0 Å². The third-order valence-corrected chi connectivity index (χ3v) is 4.12. The van der Waals surface area contributed by atoms with E-state index in [0.29, 0.717) is 0 Å². The van der Waals surface area contributed by atoms with Gasteiger partial charge in [-0.15, -0.1) is 0 Å². The van der Waals surface area contributed by atoms with Gasteiger partial charge in [0, 0.05) is 0 Å². The Morgan fingerprint density at radius 2 is 2.21 bits per heavy atom. The summed E-state index contributed by atoms with van der Waals surface area (Å²) in [5.74, 6) is 0. The molecule has 2 aromatic rings. The Morgan fingerprint density at radius 1 is 1.26 bits per heavy atom. The van der Waals surface area contributed by atoms with Gasteiger partial charge in [-0.2, -0.15) is 0 Å². The number of hydrogen-bond donors (Lipinski definition) is 1. The topological polar surface area (TPSA) is 54.6 Å². The van der Waals surface area contributed by atoms with Crippen molar-refractivity contribution < 1.29 is 0 Å². The summed E-state index contributed by atoms with van der Waals surface area (Å²) in [5, 5.41) is 7.77. The zero-order valence-corrected chi connectivity index (χ0v) is 12.4. The quantitative estimate of drug-likeness (QED) is 0.734. The molecule has 98 valence electrons. The zero-order chi connectivity index (χ0) is 13.1. The van der Waals surface area contributed by atoms with Crippen LogP contribution in [0.4, 0.5) is 17.1 Å². The Hall–Kier alpha value is -1.65. The number of hydrogen-bond acceptors (Lipinski definition) is 4. The van der Waals surface area contributed by atoms with Crippen molar-refractivity contribution in [2.75, 3.05) is 5.32 Å². The van der Waals surface area contributed by atoms with E-state index in [0.717, 1.165) is 36.6 Å². The van der Waals surface area contributed by atoms with E-state index in [-0.39, 0.29) is 14.6 Å². The molecule has 2 heterocycles. The van der Waals surface area contributed by atoms with E-state index < -0.39 is 0 Å². The van der Waals surface area contributed by atoms with Crippen molar-refractivity contribution in [2.24, 2.45) is 7.92 Å². The number of aryl methyl sites for hydroxylation is 1. The first-order chi connectivity index (χ1) is 9.38. The predicted octanol–water partition coefficient (Wildman–Crippen LogP) is 3.25. The molecule has 0 fully saturated rings. The van der Waals surface area contributed by atoms with Crippen molar-refractivity contribution >= 4 is 31.6 Å². The molecule has 0 aliphatic carbocycles. The Labute approximate surface area is 117 Å². The first-order valence-corrected chi connectivity index (χ1v) is 7.87. The molecule has 0 radical (unpaired) electrons. The molecule has 0 amide bonds. The molecule has 3 rings (SSSR count). The maximum absolute atomic E-state index is 4.47. The normalized spacial score (nSPS) is 12.3. The molecule has 0 bridgehead atoms. The maximum atomic E-state index is 4.47. The second-order valence-electron chi connectivity index (χ2n) is 4.34. The Bertz CT molecular complexity index is 655. The zero-order valence-electron chi connectivity index (χ0n) is 10.7. The summed E-state index contributed by atoms with van der Waals surface area (Å²) in [6.07, 6.45) is 2.94. The van der Waals surface area contributed by atoms with Crippen LogP contribution in [-0.2, 0) is 13.1 Å². The molecule has 5 nitrogen and oxygen atoms in total. The Morgan fingerprint density at radius 3 is 3.11 bits per heavy atom. The minimum absolute atomic E-state index is 0.0180. The molecular formula is C13H15N5Se. The molecule has 0 saturated heterocycles. The van der Waals surface area contributed by atoms with E-state index >= 15 is 0 Å². The van der Waals surface area contributed by atoms with Gasteiger partial charge in [0.1, 0.15) is 0 Å². The average Bonchev–Trinajstić information content (AvgIpc) is 3.05. The number of rotatable bonds is 5. The van der Waals surface area contributed by atoms with Crippen LogP contribution in [0.2, 0.25) is 0 Å². The summed E-state index contributed by atoms with van der Waals surface area (Å²) in [4.78, 5) is 0. The molecule has 1 aliphatic heterocycles. The van der Waals surface area contributed by atoms with Crippen LogP contribution in [0.3, 0.4) is 0 Å². The SMILES string of the molecule is CCCn1nccc1CNc1cccc2c1N=[Se]=N2. The van der Waals surface area contributed by atoms with Gasteiger partial charge in [-0.1, -0.05) is 0 Å². The number of nitrogens with one attached hydrogen (secondary N) is 1. The van der Waals surface area contributed by atoms with Crippen molar-refractivity contribution in [3.05, 3.63) is 36.2 Å². The van der Waals surface area contributed by atoms with Gasteiger partial charge < -0.3 is 0 Å². The van der Waals surface area contributed by atoms with Crippen molar-refractivity contribution in [1.29, 1.82) is 0 Å². The molecule has 0 unspecified atom stereocenters. The summed E-state index contributed by atoms with van der Waals surface area (Å²) in [6.45, 7) is 3.88. The van der Waals surface area contributed by atoms with Gasteiger partial charge in [0.05, 0.1) is 0 Å². The van der Waals surface area contributed by atoms with Crippen LogP contribution in [0, 0.1) is 0 Å². The van der Waals surface area contributed by atoms with Crippen LogP contribution in [0.15, 0.2) is 38.4 Å². The monoisotopic (exact) mass is 321 g/mol. The summed E-state index contributed by atoms with van der Waals surface area (Å²) >= 11 is 0.0180. The average molecular weight is 320 g/mol. The molecule has 6 heteroatoms. The number of fused-ring (bicyclic) bond motifs is 1. The van der Waals surface area contributed by atoms with Crippen molar-refractivity contribution in [1.82, 2.24) is 9.78 Å². The van der Waals surface area contributed by atoms with E-state index in [1.807, 2.05) is 23.0 Å². The molecule has 1 aromatic carbocycles. The van der Waals surface area contributed by atoms with Crippen LogP contribution in [0.5, 0.6) is 0 Å². The second kappa shape index (κ2) is 5.55. The van der Waals surface area contributed by atoms with Crippen molar-refractivity contribution in [3.63, 3.8) is 0 Å². The molecule has 1 aromatic heterocycles. The van der Waals surface area contributed by atoms with Crippen LogP contribution >= 0.6 is 0 Å². The Kier molecular flexibility index (Phi) is 3.62. The van der Waals surface area contributed by atoms with Crippen LogP contribution in [0.25, 0.3) is 0 Å². The van der Waals surface area contributed by atoms with Gasteiger partial charge in [0.2, 0.25) is 0 Å². The predicted molar refractivity (Wildman–Crippen MR) is 76.2 cm³/mol. The van der Waals surface area contributed by atoms with E-state index in [1.54, 1.807) is 0 Å². The molecule has 0 atom stereocenters. The third kappa shape index (κ3) is 2.55. The fourth-order valence-electron chi connectivity index (χ4n) is 2.06. The van der Waals surface area contributed by atoms with E-state index in [4.69, 9.17) is 0 Å². The van der Waals surface area contributed by atoms with Crippen LogP contribution in [-0.4, -0.2) is 24.3 Å². The van der Waals surface area contributed by atoms with Gasteiger partial charge in [-0.25, -0.2) is 0 Å². The number of anilines is 1. The minimum atomic E-state index is 0.0180. The first kappa shape index (κ1) is 12.4. The number of aromatic nitrogens is 2. The van der Waals surface area contributed by atoms with E-state index in [2.05, 4.69) is 37.4 Å². The van der Waals surface area contributed by atoms with Gasteiger partial charge in [-0.3, -0.25) is 0 Å². The number of nitrogens with zero attached hydrogens (tertiary/aromatic N) is 4. The number of benzene rings is 1. The summed E-state index contributed by atoms with van der Waals surface area (Å²) in [6, 6.07) is 8.14. The third-order valence-electron chi connectivity index (χ3n) is 2.99. The van der Waals surface area contributed by atoms with Gasteiger partial charge >= 0.3 is 117 Å². The van der Waals surface area contributed by atoms with Crippen molar-refractivity contribution in [3.8, 4) is 0 Å². The first-order valence-electron chi connectivity index (χ1n) is 6.34. The van der Waals surface area contributed by atoms with Gasteiger partial charge in [0.15, 0.2) is 0 Å². The molecule has 1 N–H and O–H groups in total. The molecule has 19 heavy (non-hydrogen) atoms. The summed E-state index contributed by atoms with van der Waals surface area (Å²) in [5.41, 5.74) is 4.26. The summed E-state index contributed by atoms with van der Waals surface area (Å²) < 4.78 is 10.9. The van der Waals surface area contributed by atoms with E-state index in [9.17, 15) is 0 Å². The fourth-order valence-corrected chi connectivity index (χ4v) is 3.21. The molecular weight excluding hydrogens is 305 g/mol. The van der Waals surface area contributed by atoms with Gasteiger partial charge in [0.25, 0.3) is 0 Å². The molecule has 1 aliphatic rings. The summed E-state index contributed by atoms with van der Waals surface area (Å²) in [7, 11) is 0. The standard InChI is InChI=1S/C13H15N5Se/c1-2-8-18-10(6-7-15-18)9-14-11-4-3-5-12-13(11)17-19-16-12/h3-7,14H,2,8-9H2,1H3. The van der Waals surface area contributed by atoms with Crippen molar-refractivity contribution in [2.45, 2.75) is 26.4 Å². The van der Waals surface area contributed by atoms with Crippen LogP contribution < -0.4 is 5.32 Å². The molecule has 0 spiro atoms. The fraction of sp³-hybridized carbons (Fsp3) is 0.308. The van der Waals surface area contributed by atoms with Gasteiger partial charge in [-0.05, 0) is 0 Å². The second-order valence-corrected chi connectivity index (χ2v) is 5.45. The van der Waals surface area contributed by atoms with E-state index in [1.165, 1.54) is 5.69 Å². The molecule has 0 saturated carbocycles.